The second-order valence-electron chi connectivity index (χ2n) is 3.61. The number of aliphatic hydroxyl groups is 1. The molecular weight excluding hydrogens is 208 g/mol. The highest BCUT2D eigenvalue weighted by molar-refractivity contribution is 5.90. The summed E-state index contributed by atoms with van der Waals surface area (Å²) >= 11 is 0. The lowest BCUT2D eigenvalue weighted by Gasteiger charge is -2.03. The topological polar surface area (TPSA) is 75.3 Å². The van der Waals surface area contributed by atoms with Crippen LogP contribution in [0.25, 0.3) is 11.0 Å². The van der Waals surface area contributed by atoms with Crippen LogP contribution in [-0.4, -0.2) is 32.3 Å². The number of benzene rings is 1. The van der Waals surface area contributed by atoms with Gasteiger partial charge >= 0.3 is 5.97 Å². The minimum atomic E-state index is -1.08. The van der Waals surface area contributed by atoms with Crippen molar-refractivity contribution in [1.82, 2.24) is 9.55 Å². The number of hydrogen-bond acceptors (Lipinski definition) is 3. The first-order valence-corrected chi connectivity index (χ1v) is 4.94. The maximum Gasteiger partial charge on any atom is 0.372 e. The monoisotopic (exact) mass is 220 g/mol. The van der Waals surface area contributed by atoms with E-state index in [-0.39, 0.29) is 19.0 Å². The van der Waals surface area contributed by atoms with Crippen LogP contribution < -0.4 is 0 Å². The van der Waals surface area contributed by atoms with Crippen molar-refractivity contribution in [2.45, 2.75) is 13.5 Å². The van der Waals surface area contributed by atoms with Crippen molar-refractivity contribution in [1.29, 1.82) is 0 Å². The van der Waals surface area contributed by atoms with Gasteiger partial charge in [0, 0.05) is 6.54 Å². The summed E-state index contributed by atoms with van der Waals surface area (Å²) < 4.78 is 1.51. The Kier molecular flexibility index (Phi) is 2.62. The third-order valence-electron chi connectivity index (χ3n) is 2.42. The first-order chi connectivity index (χ1) is 7.63. The number of carboxylic acids is 1. The van der Waals surface area contributed by atoms with Gasteiger partial charge in [-0.3, -0.25) is 0 Å². The number of carboxylic acid groups (broad SMARTS) is 1. The van der Waals surface area contributed by atoms with Gasteiger partial charge in [-0.25, -0.2) is 9.78 Å². The van der Waals surface area contributed by atoms with Crippen molar-refractivity contribution in [3.63, 3.8) is 0 Å². The van der Waals surface area contributed by atoms with E-state index in [9.17, 15) is 4.79 Å². The number of aliphatic hydroxyl groups excluding tert-OH is 1. The predicted molar refractivity (Wildman–Crippen MR) is 58.5 cm³/mol. The fraction of sp³-hybridized carbons (Fsp3) is 0.273. The van der Waals surface area contributed by atoms with Crippen molar-refractivity contribution < 1.29 is 15.0 Å². The van der Waals surface area contributed by atoms with Crippen molar-refractivity contribution >= 4 is 17.0 Å². The zero-order valence-electron chi connectivity index (χ0n) is 8.84. The molecule has 5 heteroatoms. The second-order valence-corrected chi connectivity index (χ2v) is 3.61. The normalized spacial score (nSPS) is 10.9. The molecule has 0 atom stereocenters. The first-order valence-electron chi connectivity index (χ1n) is 4.94. The van der Waals surface area contributed by atoms with Crippen LogP contribution in [0.4, 0.5) is 0 Å². The van der Waals surface area contributed by atoms with E-state index in [2.05, 4.69) is 4.98 Å². The second kappa shape index (κ2) is 3.94. The smallest absolute Gasteiger partial charge is 0.372 e. The number of nitrogens with zero attached hydrogens (tertiary/aromatic N) is 2. The molecule has 5 nitrogen and oxygen atoms in total. The van der Waals surface area contributed by atoms with Gasteiger partial charge in [-0.1, -0.05) is 6.07 Å². The van der Waals surface area contributed by atoms with Crippen molar-refractivity contribution in [2.75, 3.05) is 6.61 Å². The number of aryl methyl sites for hydroxylation is 1. The quantitative estimate of drug-likeness (QED) is 0.810. The summed E-state index contributed by atoms with van der Waals surface area (Å²) in [4.78, 5) is 15.0. The fourth-order valence-electron chi connectivity index (χ4n) is 1.73. The minimum absolute atomic E-state index is 0.0327. The van der Waals surface area contributed by atoms with Gasteiger partial charge in [0.1, 0.15) is 0 Å². The molecule has 1 heterocycles. The summed E-state index contributed by atoms with van der Waals surface area (Å²) in [7, 11) is 0. The lowest BCUT2D eigenvalue weighted by Crippen LogP contribution is -2.11. The molecule has 0 aliphatic heterocycles. The number of hydrogen-bond donors (Lipinski definition) is 2. The first kappa shape index (κ1) is 10.6. The molecular formula is C11H12N2O3. The molecule has 2 aromatic rings. The lowest BCUT2D eigenvalue weighted by molar-refractivity contribution is 0.0677. The maximum atomic E-state index is 11.0. The van der Waals surface area contributed by atoms with Gasteiger partial charge < -0.3 is 14.8 Å². The van der Waals surface area contributed by atoms with E-state index >= 15 is 0 Å². The van der Waals surface area contributed by atoms with Crippen molar-refractivity contribution in [2.24, 2.45) is 0 Å². The van der Waals surface area contributed by atoms with Crippen LogP contribution in [0.1, 0.15) is 16.2 Å². The van der Waals surface area contributed by atoms with Crippen LogP contribution >= 0.6 is 0 Å². The van der Waals surface area contributed by atoms with E-state index in [4.69, 9.17) is 10.2 Å². The number of carbonyl (C=O) groups is 1. The fourth-order valence-corrected chi connectivity index (χ4v) is 1.73. The molecule has 84 valence electrons. The molecule has 0 saturated carbocycles. The number of aromatic carboxylic acids is 1. The summed E-state index contributed by atoms with van der Waals surface area (Å²) in [5.74, 6) is -1.11. The zero-order valence-corrected chi connectivity index (χ0v) is 8.84. The summed E-state index contributed by atoms with van der Waals surface area (Å²) in [5.41, 5.74) is 2.40. The minimum Gasteiger partial charge on any atom is -0.475 e. The van der Waals surface area contributed by atoms with Crippen LogP contribution in [0, 0.1) is 6.92 Å². The molecule has 0 amide bonds. The standard InChI is InChI=1S/C11H12N2O3/c1-7-2-3-9-8(6-7)12-10(11(15)16)13(9)4-5-14/h2-3,6,14H,4-5H2,1H3,(H,15,16). The van der Waals surface area contributed by atoms with E-state index in [1.54, 1.807) is 0 Å². The molecule has 0 radical (unpaired) electrons. The number of rotatable bonds is 3. The molecule has 1 aromatic carbocycles. The van der Waals surface area contributed by atoms with Crippen LogP contribution in [0.3, 0.4) is 0 Å². The molecule has 0 saturated heterocycles. The predicted octanol–water partition coefficient (Wildman–Crippen LogP) is 1.04. The Labute approximate surface area is 92.0 Å². The summed E-state index contributed by atoms with van der Waals surface area (Å²) in [6, 6.07) is 5.54. The Balaban J connectivity index is 2.70. The molecule has 0 aliphatic carbocycles. The highest BCUT2D eigenvalue weighted by atomic mass is 16.4. The van der Waals surface area contributed by atoms with E-state index in [1.165, 1.54) is 4.57 Å². The van der Waals surface area contributed by atoms with Crippen molar-refractivity contribution in [3.05, 3.63) is 29.6 Å². The molecule has 0 spiro atoms. The SMILES string of the molecule is Cc1ccc2c(c1)nc(C(=O)O)n2CCO. The Morgan fingerprint density at radius 2 is 2.25 bits per heavy atom. The van der Waals surface area contributed by atoms with Gasteiger partial charge in [0.25, 0.3) is 0 Å². The average Bonchev–Trinajstić information content (AvgIpc) is 2.57. The lowest BCUT2D eigenvalue weighted by atomic mass is 10.2. The van der Waals surface area contributed by atoms with Gasteiger partial charge in [0.05, 0.1) is 17.6 Å². The molecule has 16 heavy (non-hydrogen) atoms. The largest absolute Gasteiger partial charge is 0.475 e. The van der Waals surface area contributed by atoms with Crippen LogP contribution in [0.2, 0.25) is 0 Å². The maximum absolute atomic E-state index is 11.0. The van der Waals surface area contributed by atoms with E-state index < -0.39 is 5.97 Å². The summed E-state index contributed by atoms with van der Waals surface area (Å²) in [5, 5.41) is 17.9. The van der Waals surface area contributed by atoms with Gasteiger partial charge in [0.2, 0.25) is 5.82 Å². The molecule has 2 N–H and O–H groups in total. The number of aromatic nitrogens is 2. The van der Waals surface area contributed by atoms with Crippen molar-refractivity contribution in [3.8, 4) is 0 Å². The highest BCUT2D eigenvalue weighted by Crippen LogP contribution is 2.17. The van der Waals surface area contributed by atoms with Gasteiger partial charge in [-0.2, -0.15) is 0 Å². The van der Waals surface area contributed by atoms with Crippen LogP contribution in [-0.2, 0) is 6.54 Å². The molecule has 0 fully saturated rings. The third kappa shape index (κ3) is 1.65. The Hall–Kier alpha value is -1.88. The summed E-state index contributed by atoms with van der Waals surface area (Å²) in [6.07, 6.45) is 0. The molecule has 0 unspecified atom stereocenters. The van der Waals surface area contributed by atoms with Crippen LogP contribution in [0.15, 0.2) is 18.2 Å². The van der Waals surface area contributed by atoms with Gasteiger partial charge in [-0.05, 0) is 24.6 Å². The average molecular weight is 220 g/mol. The molecule has 0 bridgehead atoms. The Morgan fingerprint density at radius 1 is 1.50 bits per heavy atom. The zero-order chi connectivity index (χ0) is 11.7. The Bertz CT molecular complexity index is 545. The van der Waals surface area contributed by atoms with E-state index in [0.717, 1.165) is 11.1 Å². The number of fused-ring (bicyclic) bond motifs is 1. The van der Waals surface area contributed by atoms with E-state index in [1.807, 2.05) is 25.1 Å². The van der Waals surface area contributed by atoms with Crippen LogP contribution in [0.5, 0.6) is 0 Å². The number of imidazole rings is 1. The highest BCUT2D eigenvalue weighted by Gasteiger charge is 2.15. The molecule has 0 aliphatic rings. The molecule has 2 rings (SSSR count). The molecule has 1 aromatic heterocycles. The third-order valence-corrected chi connectivity index (χ3v) is 2.42. The van der Waals surface area contributed by atoms with Gasteiger partial charge in [0.15, 0.2) is 0 Å². The van der Waals surface area contributed by atoms with E-state index in [0.29, 0.717) is 5.52 Å². The summed E-state index contributed by atoms with van der Waals surface area (Å²) in [6.45, 7) is 2.05. The van der Waals surface area contributed by atoms with Gasteiger partial charge in [-0.15, -0.1) is 0 Å². The Morgan fingerprint density at radius 3 is 2.88 bits per heavy atom.